The van der Waals surface area contributed by atoms with Crippen LogP contribution >= 0.6 is 0 Å². The third-order valence-corrected chi connectivity index (χ3v) is 5.73. The predicted molar refractivity (Wildman–Crippen MR) is 120 cm³/mol. The molecule has 0 fully saturated rings. The number of halogens is 1. The Morgan fingerprint density at radius 3 is 2.65 bits per heavy atom. The number of imidazole rings is 1. The van der Waals surface area contributed by atoms with Crippen molar-refractivity contribution in [2.24, 2.45) is 0 Å². The van der Waals surface area contributed by atoms with Gasteiger partial charge in [0.15, 0.2) is 0 Å². The SMILES string of the molecule is CCCCCCCOC(=O)C1=C(C)Nc2nc3ccccc3n2[C@@H]1c1ccccc1F. The summed E-state index contributed by atoms with van der Waals surface area (Å²) >= 11 is 0. The zero-order valence-corrected chi connectivity index (χ0v) is 18.0. The Balaban J connectivity index is 1.70. The molecule has 1 N–H and O–H groups in total. The molecule has 1 aliphatic rings. The first-order valence-electron chi connectivity index (χ1n) is 11.0. The normalized spacial score (nSPS) is 15.6. The highest BCUT2D eigenvalue weighted by Gasteiger charge is 2.36. The summed E-state index contributed by atoms with van der Waals surface area (Å²) in [5.74, 6) is -0.198. The number of fused-ring (bicyclic) bond motifs is 3. The monoisotopic (exact) mass is 421 g/mol. The van der Waals surface area contributed by atoms with E-state index in [1.165, 1.54) is 18.9 Å². The average Bonchev–Trinajstić information content (AvgIpc) is 3.13. The van der Waals surface area contributed by atoms with Crippen molar-refractivity contribution in [3.8, 4) is 0 Å². The second kappa shape index (κ2) is 9.33. The van der Waals surface area contributed by atoms with Crippen molar-refractivity contribution in [1.82, 2.24) is 9.55 Å². The van der Waals surface area contributed by atoms with Crippen LogP contribution in [0, 0.1) is 5.82 Å². The number of hydrogen-bond donors (Lipinski definition) is 1. The minimum atomic E-state index is -0.655. The largest absolute Gasteiger partial charge is 0.462 e. The molecule has 0 amide bonds. The average molecular weight is 422 g/mol. The van der Waals surface area contributed by atoms with Crippen LogP contribution in [0.25, 0.3) is 11.0 Å². The fourth-order valence-corrected chi connectivity index (χ4v) is 4.17. The van der Waals surface area contributed by atoms with E-state index in [0.717, 1.165) is 30.3 Å². The van der Waals surface area contributed by atoms with Gasteiger partial charge in [-0.25, -0.2) is 14.2 Å². The van der Waals surface area contributed by atoms with Crippen molar-refractivity contribution in [3.05, 3.63) is 71.2 Å². The zero-order chi connectivity index (χ0) is 21.8. The number of nitrogens with one attached hydrogen (secondary N) is 1. The van der Waals surface area contributed by atoms with Crippen LogP contribution in [-0.2, 0) is 9.53 Å². The maximum Gasteiger partial charge on any atom is 0.338 e. The van der Waals surface area contributed by atoms with Crippen molar-refractivity contribution >= 4 is 23.0 Å². The highest BCUT2D eigenvalue weighted by atomic mass is 19.1. The molecule has 162 valence electrons. The Morgan fingerprint density at radius 2 is 1.84 bits per heavy atom. The molecule has 1 aliphatic heterocycles. The van der Waals surface area contributed by atoms with E-state index in [1.807, 2.05) is 35.8 Å². The summed E-state index contributed by atoms with van der Waals surface area (Å²) < 4.78 is 22.5. The lowest BCUT2D eigenvalue weighted by molar-refractivity contribution is -0.139. The quantitative estimate of drug-likeness (QED) is 0.359. The molecule has 0 radical (unpaired) electrons. The fourth-order valence-electron chi connectivity index (χ4n) is 4.17. The van der Waals surface area contributed by atoms with Crippen molar-refractivity contribution in [2.75, 3.05) is 11.9 Å². The van der Waals surface area contributed by atoms with Gasteiger partial charge in [-0.15, -0.1) is 0 Å². The Kier molecular flexibility index (Phi) is 6.35. The number of carbonyl (C=O) groups is 1. The highest BCUT2D eigenvalue weighted by Crippen LogP contribution is 2.40. The third kappa shape index (κ3) is 4.20. The summed E-state index contributed by atoms with van der Waals surface area (Å²) in [5, 5.41) is 3.23. The lowest BCUT2D eigenvalue weighted by atomic mass is 9.94. The number of carbonyl (C=O) groups excluding carboxylic acids is 1. The van der Waals surface area contributed by atoms with Gasteiger partial charge in [0.05, 0.1) is 29.3 Å². The van der Waals surface area contributed by atoms with E-state index in [2.05, 4.69) is 17.2 Å². The molecular formula is C25H28FN3O2. The molecular weight excluding hydrogens is 393 g/mol. The van der Waals surface area contributed by atoms with E-state index >= 15 is 0 Å². The first kappa shape index (κ1) is 21.1. The van der Waals surface area contributed by atoms with Gasteiger partial charge in [0.1, 0.15) is 5.82 Å². The molecule has 0 aliphatic carbocycles. The molecule has 0 spiro atoms. The van der Waals surface area contributed by atoms with E-state index < -0.39 is 12.0 Å². The van der Waals surface area contributed by atoms with Crippen LogP contribution in [-0.4, -0.2) is 22.1 Å². The molecule has 4 rings (SSSR count). The molecule has 1 aromatic heterocycles. The summed E-state index contributed by atoms with van der Waals surface area (Å²) in [6, 6.07) is 13.6. The fraction of sp³-hybridized carbons (Fsp3) is 0.360. The van der Waals surface area contributed by atoms with Crippen LogP contribution in [0.15, 0.2) is 59.8 Å². The number of hydrogen-bond acceptors (Lipinski definition) is 4. The van der Waals surface area contributed by atoms with Gasteiger partial charge in [-0.05, 0) is 31.5 Å². The number of unbranched alkanes of at least 4 members (excludes halogenated alkanes) is 4. The molecule has 0 saturated carbocycles. The van der Waals surface area contributed by atoms with Gasteiger partial charge in [0.25, 0.3) is 0 Å². The van der Waals surface area contributed by atoms with Gasteiger partial charge in [-0.1, -0.05) is 62.9 Å². The summed E-state index contributed by atoms with van der Waals surface area (Å²) in [6.45, 7) is 4.34. The van der Waals surface area contributed by atoms with Crippen LogP contribution in [0.5, 0.6) is 0 Å². The number of aromatic nitrogens is 2. The Labute approximate surface area is 181 Å². The molecule has 6 heteroatoms. The number of esters is 1. The maximum absolute atomic E-state index is 14.9. The number of anilines is 1. The number of allylic oxidation sites excluding steroid dienone is 1. The molecule has 3 aromatic rings. The molecule has 1 atom stereocenters. The van der Waals surface area contributed by atoms with Crippen LogP contribution in [0.4, 0.5) is 10.3 Å². The smallest absolute Gasteiger partial charge is 0.338 e. The van der Waals surface area contributed by atoms with Crippen molar-refractivity contribution in [1.29, 1.82) is 0 Å². The van der Waals surface area contributed by atoms with Crippen LogP contribution < -0.4 is 5.32 Å². The number of benzene rings is 2. The number of rotatable bonds is 8. The number of ether oxygens (including phenoxy) is 1. The molecule has 0 bridgehead atoms. The van der Waals surface area contributed by atoms with Crippen LogP contribution in [0.3, 0.4) is 0 Å². The molecule has 31 heavy (non-hydrogen) atoms. The number of para-hydroxylation sites is 2. The predicted octanol–water partition coefficient (Wildman–Crippen LogP) is 5.98. The zero-order valence-electron chi connectivity index (χ0n) is 18.0. The molecule has 5 nitrogen and oxygen atoms in total. The summed E-state index contributed by atoms with van der Waals surface area (Å²) in [5.41, 5.74) is 3.07. The van der Waals surface area contributed by atoms with E-state index in [9.17, 15) is 9.18 Å². The summed E-state index contributed by atoms with van der Waals surface area (Å²) in [6.07, 6.45) is 5.36. The summed E-state index contributed by atoms with van der Waals surface area (Å²) in [4.78, 5) is 17.8. The second-order valence-electron chi connectivity index (χ2n) is 7.93. The first-order chi connectivity index (χ1) is 15.1. The first-order valence-corrected chi connectivity index (χ1v) is 11.0. The molecule has 2 heterocycles. The lowest BCUT2D eigenvalue weighted by Crippen LogP contribution is -2.29. The minimum absolute atomic E-state index is 0.362. The minimum Gasteiger partial charge on any atom is -0.462 e. The van der Waals surface area contributed by atoms with Gasteiger partial charge in [0.2, 0.25) is 5.95 Å². The molecule has 2 aromatic carbocycles. The van der Waals surface area contributed by atoms with Crippen LogP contribution in [0.2, 0.25) is 0 Å². The highest BCUT2D eigenvalue weighted by molar-refractivity contribution is 5.94. The van der Waals surface area contributed by atoms with Gasteiger partial charge >= 0.3 is 5.97 Å². The van der Waals surface area contributed by atoms with E-state index in [1.54, 1.807) is 18.2 Å². The van der Waals surface area contributed by atoms with E-state index in [-0.39, 0.29) is 5.82 Å². The molecule has 0 unspecified atom stereocenters. The van der Waals surface area contributed by atoms with E-state index in [4.69, 9.17) is 4.74 Å². The molecule has 0 saturated heterocycles. The standard InChI is InChI=1S/C25H28FN3O2/c1-3-4-5-6-11-16-31-24(30)22-17(2)27-25-28-20-14-9-10-15-21(20)29(25)23(22)18-12-7-8-13-19(18)26/h7-10,12-15,23H,3-6,11,16H2,1-2H3,(H,27,28)/t23-/m1/s1. The van der Waals surface area contributed by atoms with Crippen molar-refractivity contribution < 1.29 is 13.9 Å². The maximum atomic E-state index is 14.9. The van der Waals surface area contributed by atoms with Crippen molar-refractivity contribution in [2.45, 2.75) is 52.0 Å². The number of nitrogens with zero attached hydrogens (tertiary/aromatic N) is 2. The Morgan fingerprint density at radius 1 is 1.10 bits per heavy atom. The van der Waals surface area contributed by atoms with Crippen LogP contribution in [0.1, 0.15) is 57.6 Å². The van der Waals surface area contributed by atoms with Gasteiger partial charge in [-0.2, -0.15) is 0 Å². The van der Waals surface area contributed by atoms with Gasteiger partial charge in [0, 0.05) is 11.3 Å². The van der Waals surface area contributed by atoms with Gasteiger partial charge in [-0.3, -0.25) is 4.57 Å². The lowest BCUT2D eigenvalue weighted by Gasteiger charge is -2.30. The Hall–Kier alpha value is -3.15. The topological polar surface area (TPSA) is 56.1 Å². The third-order valence-electron chi connectivity index (χ3n) is 5.73. The van der Waals surface area contributed by atoms with Crippen molar-refractivity contribution in [3.63, 3.8) is 0 Å². The summed E-state index contributed by atoms with van der Waals surface area (Å²) in [7, 11) is 0. The Bertz CT molecular complexity index is 1120. The second-order valence-corrected chi connectivity index (χ2v) is 7.93. The van der Waals surface area contributed by atoms with E-state index in [0.29, 0.717) is 29.4 Å². The van der Waals surface area contributed by atoms with Gasteiger partial charge < -0.3 is 10.1 Å².